The van der Waals surface area contributed by atoms with Gasteiger partial charge in [-0.1, -0.05) is 6.58 Å². The van der Waals surface area contributed by atoms with Crippen LogP contribution < -0.4 is 0 Å². The second-order valence-electron chi connectivity index (χ2n) is 3.37. The van der Waals surface area contributed by atoms with E-state index in [9.17, 15) is 9.59 Å². The first-order valence-electron chi connectivity index (χ1n) is 3.98. The van der Waals surface area contributed by atoms with Crippen LogP contribution >= 0.6 is 0 Å². The SMILES string of the molecule is C=C1CC(C(=O)C=O)OC(C)(C)O1. The van der Waals surface area contributed by atoms with E-state index < -0.39 is 17.7 Å². The minimum Gasteiger partial charge on any atom is -0.468 e. The zero-order valence-corrected chi connectivity index (χ0v) is 7.70. The Morgan fingerprint density at radius 1 is 1.69 bits per heavy atom. The number of carbonyl (C=O) groups is 2. The average Bonchev–Trinajstić information content (AvgIpc) is 1.99. The Labute approximate surface area is 76.5 Å². The van der Waals surface area contributed by atoms with Crippen molar-refractivity contribution in [3.8, 4) is 0 Å². The first-order chi connectivity index (χ1) is 5.94. The van der Waals surface area contributed by atoms with E-state index in [0.29, 0.717) is 5.76 Å². The normalized spacial score (nSPS) is 26.3. The van der Waals surface area contributed by atoms with Crippen LogP contribution in [0.4, 0.5) is 0 Å². The van der Waals surface area contributed by atoms with E-state index >= 15 is 0 Å². The van der Waals surface area contributed by atoms with Gasteiger partial charge in [0, 0.05) is 20.3 Å². The molecule has 1 aliphatic rings. The van der Waals surface area contributed by atoms with E-state index in [1.54, 1.807) is 13.8 Å². The van der Waals surface area contributed by atoms with Gasteiger partial charge in [-0.15, -0.1) is 0 Å². The lowest BCUT2D eigenvalue weighted by atomic mass is 10.1. The van der Waals surface area contributed by atoms with Crippen molar-refractivity contribution < 1.29 is 19.1 Å². The second-order valence-corrected chi connectivity index (χ2v) is 3.37. The minimum atomic E-state index is -0.876. The number of rotatable bonds is 2. The topological polar surface area (TPSA) is 52.6 Å². The van der Waals surface area contributed by atoms with E-state index in [1.165, 1.54) is 0 Å². The lowest BCUT2D eigenvalue weighted by molar-refractivity contribution is -0.241. The van der Waals surface area contributed by atoms with Crippen LogP contribution in [0, 0.1) is 0 Å². The monoisotopic (exact) mass is 184 g/mol. The van der Waals surface area contributed by atoms with Crippen molar-refractivity contribution in [2.45, 2.75) is 32.2 Å². The Bertz CT molecular complexity index is 254. The van der Waals surface area contributed by atoms with E-state index in [-0.39, 0.29) is 12.7 Å². The molecule has 13 heavy (non-hydrogen) atoms. The number of Topliss-reactive ketones (excluding diaryl/α,β-unsaturated/α-hetero) is 1. The summed E-state index contributed by atoms with van der Waals surface area (Å²) in [5, 5.41) is 0. The molecule has 1 rings (SSSR count). The van der Waals surface area contributed by atoms with Crippen LogP contribution in [0.3, 0.4) is 0 Å². The molecule has 0 amide bonds. The van der Waals surface area contributed by atoms with Gasteiger partial charge in [0.05, 0.1) is 5.76 Å². The van der Waals surface area contributed by atoms with Crippen molar-refractivity contribution in [1.82, 2.24) is 0 Å². The summed E-state index contributed by atoms with van der Waals surface area (Å²) < 4.78 is 10.4. The fourth-order valence-corrected chi connectivity index (χ4v) is 1.24. The molecule has 1 aliphatic heterocycles. The van der Waals surface area contributed by atoms with Crippen LogP contribution in [0.1, 0.15) is 20.3 Å². The zero-order chi connectivity index (χ0) is 10.1. The molecular weight excluding hydrogens is 172 g/mol. The van der Waals surface area contributed by atoms with Gasteiger partial charge in [-0.25, -0.2) is 0 Å². The smallest absolute Gasteiger partial charge is 0.224 e. The fraction of sp³-hybridized carbons (Fsp3) is 0.556. The Morgan fingerprint density at radius 3 is 2.77 bits per heavy atom. The first kappa shape index (κ1) is 9.92. The quantitative estimate of drug-likeness (QED) is 0.470. The van der Waals surface area contributed by atoms with Gasteiger partial charge >= 0.3 is 0 Å². The number of aldehydes is 1. The highest BCUT2D eigenvalue weighted by atomic mass is 16.7. The van der Waals surface area contributed by atoms with Crippen LogP contribution in [0.25, 0.3) is 0 Å². The Hall–Kier alpha value is -1.16. The summed E-state index contributed by atoms with van der Waals surface area (Å²) in [6.45, 7) is 6.94. The molecule has 0 aromatic carbocycles. The van der Waals surface area contributed by atoms with Crippen molar-refractivity contribution >= 4 is 12.1 Å². The van der Waals surface area contributed by atoms with Crippen LogP contribution in [-0.2, 0) is 19.1 Å². The number of ketones is 1. The molecule has 72 valence electrons. The lowest BCUT2D eigenvalue weighted by Gasteiger charge is -2.36. The molecule has 1 unspecified atom stereocenters. The van der Waals surface area contributed by atoms with Crippen molar-refractivity contribution in [2.24, 2.45) is 0 Å². The van der Waals surface area contributed by atoms with E-state index in [2.05, 4.69) is 6.58 Å². The molecule has 0 aromatic rings. The van der Waals surface area contributed by atoms with Gasteiger partial charge in [0.25, 0.3) is 0 Å². The summed E-state index contributed by atoms with van der Waals surface area (Å²) >= 11 is 0. The van der Waals surface area contributed by atoms with Gasteiger partial charge in [0.1, 0.15) is 6.10 Å². The minimum absolute atomic E-state index is 0.251. The molecule has 4 heteroatoms. The Kier molecular flexibility index (Phi) is 2.52. The van der Waals surface area contributed by atoms with Crippen molar-refractivity contribution in [3.63, 3.8) is 0 Å². The third-order valence-corrected chi connectivity index (χ3v) is 1.66. The molecule has 1 fully saturated rings. The third kappa shape index (κ3) is 2.39. The third-order valence-electron chi connectivity index (χ3n) is 1.66. The summed E-state index contributed by atoms with van der Waals surface area (Å²) in [6, 6.07) is 0. The molecule has 0 spiro atoms. The molecule has 0 radical (unpaired) electrons. The Balaban J connectivity index is 2.73. The van der Waals surface area contributed by atoms with E-state index in [0.717, 1.165) is 0 Å². The predicted octanol–water partition coefficient (Wildman–Crippen LogP) is 0.810. The van der Waals surface area contributed by atoms with Crippen LogP contribution in [0.2, 0.25) is 0 Å². The standard InChI is InChI=1S/C9H12O4/c1-6-4-8(7(11)5-10)13-9(2,3)12-6/h5,8H,1,4H2,2-3H3. The molecule has 4 nitrogen and oxygen atoms in total. The molecule has 0 N–H and O–H groups in total. The zero-order valence-electron chi connectivity index (χ0n) is 7.70. The summed E-state index contributed by atoms with van der Waals surface area (Å²) in [4.78, 5) is 21.2. The van der Waals surface area contributed by atoms with Gasteiger partial charge in [-0.05, 0) is 0 Å². The molecule has 0 aliphatic carbocycles. The van der Waals surface area contributed by atoms with Gasteiger partial charge < -0.3 is 9.47 Å². The fourth-order valence-electron chi connectivity index (χ4n) is 1.24. The lowest BCUT2D eigenvalue weighted by Crippen LogP contribution is -2.42. The highest BCUT2D eigenvalue weighted by Gasteiger charge is 2.35. The largest absolute Gasteiger partial charge is 0.468 e. The summed E-state index contributed by atoms with van der Waals surface area (Å²) in [7, 11) is 0. The van der Waals surface area contributed by atoms with Crippen LogP contribution in [-0.4, -0.2) is 24.0 Å². The number of hydrogen-bond donors (Lipinski definition) is 0. The molecule has 0 aromatic heterocycles. The number of hydrogen-bond acceptors (Lipinski definition) is 4. The maximum absolute atomic E-state index is 11.0. The highest BCUT2D eigenvalue weighted by Crippen LogP contribution is 2.27. The Morgan fingerprint density at radius 2 is 2.31 bits per heavy atom. The van der Waals surface area contributed by atoms with Gasteiger partial charge in [0.15, 0.2) is 6.29 Å². The first-order valence-corrected chi connectivity index (χ1v) is 3.98. The van der Waals surface area contributed by atoms with Gasteiger partial charge in [0.2, 0.25) is 11.6 Å². The second kappa shape index (κ2) is 3.30. The molecule has 0 saturated carbocycles. The molecule has 0 bridgehead atoms. The van der Waals surface area contributed by atoms with Crippen molar-refractivity contribution in [1.29, 1.82) is 0 Å². The van der Waals surface area contributed by atoms with E-state index in [1.807, 2.05) is 0 Å². The van der Waals surface area contributed by atoms with Crippen LogP contribution in [0.15, 0.2) is 12.3 Å². The molecule has 1 saturated heterocycles. The summed E-state index contributed by atoms with van der Waals surface area (Å²) in [5.41, 5.74) is 0. The molecule has 1 heterocycles. The maximum atomic E-state index is 11.0. The maximum Gasteiger partial charge on any atom is 0.224 e. The van der Waals surface area contributed by atoms with Crippen molar-refractivity contribution in [3.05, 3.63) is 12.3 Å². The van der Waals surface area contributed by atoms with Crippen molar-refractivity contribution in [2.75, 3.05) is 0 Å². The van der Waals surface area contributed by atoms with Gasteiger partial charge in [-0.3, -0.25) is 9.59 Å². The summed E-state index contributed by atoms with van der Waals surface area (Å²) in [5.74, 6) is -0.979. The van der Waals surface area contributed by atoms with E-state index in [4.69, 9.17) is 9.47 Å². The summed E-state index contributed by atoms with van der Waals surface area (Å²) in [6.07, 6.45) is -0.228. The van der Waals surface area contributed by atoms with Crippen LogP contribution in [0.5, 0.6) is 0 Å². The molecule has 1 atom stereocenters. The number of carbonyl (C=O) groups excluding carboxylic acids is 2. The molecular formula is C9H12O4. The van der Waals surface area contributed by atoms with Gasteiger partial charge in [-0.2, -0.15) is 0 Å². The average molecular weight is 184 g/mol. The predicted molar refractivity (Wildman–Crippen MR) is 44.9 cm³/mol. The number of ether oxygens (including phenoxy) is 2. The highest BCUT2D eigenvalue weighted by molar-refractivity contribution is 6.27.